The van der Waals surface area contributed by atoms with Gasteiger partial charge < -0.3 is 4.90 Å². The maximum Gasteiger partial charge on any atom is 0.227 e. The third-order valence-corrected chi connectivity index (χ3v) is 3.23. The highest BCUT2D eigenvalue weighted by Crippen LogP contribution is 2.23. The fourth-order valence-electron chi connectivity index (χ4n) is 2.03. The van der Waals surface area contributed by atoms with Crippen molar-refractivity contribution in [3.63, 3.8) is 0 Å². The van der Waals surface area contributed by atoms with E-state index >= 15 is 0 Å². The van der Waals surface area contributed by atoms with Crippen LogP contribution in [0, 0.1) is 5.41 Å². The third kappa shape index (κ3) is 4.38. The lowest BCUT2D eigenvalue weighted by atomic mass is 9.86. The number of nitrogens with zero attached hydrogens (tertiary/aromatic N) is 1. The van der Waals surface area contributed by atoms with Crippen LogP contribution in [0.4, 0.5) is 0 Å². The van der Waals surface area contributed by atoms with Crippen LogP contribution in [0.1, 0.15) is 52.7 Å². The van der Waals surface area contributed by atoms with Gasteiger partial charge in [0.15, 0.2) is 0 Å². The maximum absolute atomic E-state index is 12.1. The van der Waals surface area contributed by atoms with Gasteiger partial charge in [0.2, 0.25) is 5.91 Å². The van der Waals surface area contributed by atoms with Crippen LogP contribution >= 0.6 is 0 Å². The molecule has 19 heavy (non-hydrogen) atoms. The van der Waals surface area contributed by atoms with E-state index in [4.69, 9.17) is 0 Å². The zero-order valence-corrected chi connectivity index (χ0v) is 13.4. The number of carbonyl (C=O) groups excluding carboxylic acids is 1. The normalized spacial score (nSPS) is 12.4. The second kappa shape index (κ2) is 5.36. The van der Waals surface area contributed by atoms with Gasteiger partial charge in [-0.1, -0.05) is 65.8 Å². The van der Waals surface area contributed by atoms with Gasteiger partial charge in [-0.3, -0.25) is 4.79 Å². The van der Waals surface area contributed by atoms with Crippen molar-refractivity contribution in [2.75, 3.05) is 7.05 Å². The van der Waals surface area contributed by atoms with Gasteiger partial charge in [-0.05, 0) is 16.5 Å². The molecule has 0 saturated heterocycles. The highest BCUT2D eigenvalue weighted by molar-refractivity contribution is 5.81. The second-order valence-electron chi connectivity index (χ2n) is 7.36. The topological polar surface area (TPSA) is 20.3 Å². The summed E-state index contributed by atoms with van der Waals surface area (Å²) in [6.45, 7) is 13.1. The molecule has 1 aromatic carbocycles. The molecule has 0 aliphatic heterocycles. The summed E-state index contributed by atoms with van der Waals surface area (Å²) in [7, 11) is 1.87. The lowest BCUT2D eigenvalue weighted by Crippen LogP contribution is -2.36. The van der Waals surface area contributed by atoms with E-state index in [1.165, 1.54) is 11.1 Å². The molecule has 2 heteroatoms. The molecule has 0 saturated carbocycles. The van der Waals surface area contributed by atoms with Crippen LogP contribution in [0.3, 0.4) is 0 Å². The van der Waals surface area contributed by atoms with Gasteiger partial charge in [-0.15, -0.1) is 0 Å². The Balaban J connectivity index is 2.77. The van der Waals surface area contributed by atoms with Gasteiger partial charge in [0, 0.05) is 19.0 Å². The second-order valence-corrected chi connectivity index (χ2v) is 7.36. The minimum absolute atomic E-state index is 0.172. The van der Waals surface area contributed by atoms with Gasteiger partial charge in [-0.25, -0.2) is 0 Å². The Morgan fingerprint density at radius 2 is 1.47 bits per heavy atom. The van der Waals surface area contributed by atoms with Gasteiger partial charge in [0.25, 0.3) is 0 Å². The van der Waals surface area contributed by atoms with Crippen LogP contribution in [0.15, 0.2) is 24.3 Å². The summed E-state index contributed by atoms with van der Waals surface area (Å²) in [5.74, 6) is 0.174. The Morgan fingerprint density at radius 1 is 1.00 bits per heavy atom. The molecule has 1 amide bonds. The summed E-state index contributed by atoms with van der Waals surface area (Å²) in [6, 6.07) is 8.55. The molecule has 0 radical (unpaired) electrons. The summed E-state index contributed by atoms with van der Waals surface area (Å²) in [5, 5.41) is 0. The molecule has 0 spiro atoms. The summed E-state index contributed by atoms with van der Waals surface area (Å²) in [6.07, 6.45) is 0. The van der Waals surface area contributed by atoms with Crippen LogP contribution in [0.25, 0.3) is 0 Å². The van der Waals surface area contributed by atoms with E-state index in [0.29, 0.717) is 6.54 Å². The van der Waals surface area contributed by atoms with Crippen LogP contribution in [0.5, 0.6) is 0 Å². The standard InChI is InChI=1S/C17H27NO/c1-16(2,3)14-10-8-13(9-11-14)12-18(7)15(19)17(4,5)6/h8-11H,12H2,1-7H3. The van der Waals surface area contributed by atoms with E-state index in [9.17, 15) is 4.79 Å². The van der Waals surface area contributed by atoms with Crippen molar-refractivity contribution in [1.82, 2.24) is 4.90 Å². The van der Waals surface area contributed by atoms with Crippen LogP contribution in [-0.4, -0.2) is 17.9 Å². The number of amides is 1. The molecule has 1 rings (SSSR count). The molecule has 0 atom stereocenters. The lowest BCUT2D eigenvalue weighted by molar-refractivity contribution is -0.138. The lowest BCUT2D eigenvalue weighted by Gasteiger charge is -2.26. The van der Waals surface area contributed by atoms with Crippen molar-refractivity contribution in [2.24, 2.45) is 5.41 Å². The Hall–Kier alpha value is -1.31. The first-order valence-electron chi connectivity index (χ1n) is 6.87. The average Bonchev–Trinajstić information content (AvgIpc) is 2.26. The first-order valence-corrected chi connectivity index (χ1v) is 6.87. The third-order valence-electron chi connectivity index (χ3n) is 3.23. The number of hydrogen-bond acceptors (Lipinski definition) is 1. The summed E-state index contributed by atoms with van der Waals surface area (Å²) >= 11 is 0. The van der Waals surface area contributed by atoms with Gasteiger partial charge in [0.1, 0.15) is 0 Å². The summed E-state index contributed by atoms with van der Waals surface area (Å²) in [5.41, 5.74) is 2.35. The minimum Gasteiger partial charge on any atom is -0.341 e. The predicted molar refractivity (Wildman–Crippen MR) is 81.1 cm³/mol. The Bertz CT molecular complexity index is 432. The van der Waals surface area contributed by atoms with Crippen molar-refractivity contribution >= 4 is 5.91 Å². The zero-order valence-electron chi connectivity index (χ0n) is 13.4. The first kappa shape index (κ1) is 15.7. The van der Waals surface area contributed by atoms with Crippen molar-refractivity contribution in [1.29, 1.82) is 0 Å². The molecular formula is C17H27NO. The van der Waals surface area contributed by atoms with E-state index in [1.807, 2.05) is 27.8 Å². The van der Waals surface area contributed by atoms with E-state index in [0.717, 1.165) is 0 Å². The van der Waals surface area contributed by atoms with Crippen LogP contribution in [0.2, 0.25) is 0 Å². The number of rotatable bonds is 2. The van der Waals surface area contributed by atoms with E-state index in [2.05, 4.69) is 45.0 Å². The highest BCUT2D eigenvalue weighted by Gasteiger charge is 2.24. The molecular weight excluding hydrogens is 234 g/mol. The van der Waals surface area contributed by atoms with E-state index in [-0.39, 0.29) is 16.7 Å². The number of carbonyl (C=O) groups is 1. The van der Waals surface area contributed by atoms with Crippen molar-refractivity contribution in [3.8, 4) is 0 Å². The molecule has 0 aliphatic rings. The molecule has 0 aromatic heterocycles. The Kier molecular flexibility index (Phi) is 4.44. The summed E-state index contributed by atoms with van der Waals surface area (Å²) < 4.78 is 0. The first-order chi connectivity index (χ1) is 8.51. The molecule has 2 nitrogen and oxygen atoms in total. The zero-order chi connectivity index (χ0) is 14.8. The molecule has 106 valence electrons. The molecule has 0 N–H and O–H groups in total. The smallest absolute Gasteiger partial charge is 0.227 e. The van der Waals surface area contributed by atoms with Gasteiger partial charge in [-0.2, -0.15) is 0 Å². The van der Waals surface area contributed by atoms with Gasteiger partial charge in [0.05, 0.1) is 0 Å². The van der Waals surface area contributed by atoms with Crippen LogP contribution in [-0.2, 0) is 16.8 Å². The monoisotopic (exact) mass is 261 g/mol. The summed E-state index contributed by atoms with van der Waals surface area (Å²) in [4.78, 5) is 13.9. The quantitative estimate of drug-likeness (QED) is 0.788. The van der Waals surface area contributed by atoms with E-state index in [1.54, 1.807) is 4.90 Å². The molecule has 0 heterocycles. The predicted octanol–water partition coefficient (Wildman–Crippen LogP) is 3.99. The number of benzene rings is 1. The largest absolute Gasteiger partial charge is 0.341 e. The fraction of sp³-hybridized carbons (Fsp3) is 0.588. The molecule has 0 bridgehead atoms. The van der Waals surface area contributed by atoms with E-state index < -0.39 is 0 Å². The fourth-order valence-corrected chi connectivity index (χ4v) is 2.03. The Morgan fingerprint density at radius 3 is 1.84 bits per heavy atom. The maximum atomic E-state index is 12.1. The Labute approximate surface area is 117 Å². The molecule has 1 aromatic rings. The van der Waals surface area contributed by atoms with Crippen molar-refractivity contribution < 1.29 is 4.79 Å². The SMILES string of the molecule is CN(Cc1ccc(C(C)(C)C)cc1)C(=O)C(C)(C)C. The molecule has 0 fully saturated rings. The minimum atomic E-state index is -0.319. The van der Waals surface area contributed by atoms with Crippen molar-refractivity contribution in [3.05, 3.63) is 35.4 Å². The van der Waals surface area contributed by atoms with Gasteiger partial charge >= 0.3 is 0 Å². The van der Waals surface area contributed by atoms with Crippen LogP contribution < -0.4 is 0 Å². The highest BCUT2D eigenvalue weighted by atomic mass is 16.2. The molecule has 0 aliphatic carbocycles. The average molecular weight is 261 g/mol. The molecule has 0 unspecified atom stereocenters. The van der Waals surface area contributed by atoms with Crippen molar-refractivity contribution in [2.45, 2.75) is 53.5 Å². The number of hydrogen-bond donors (Lipinski definition) is 0.